The molecule has 0 bridgehead atoms. The van der Waals surface area contributed by atoms with Gasteiger partial charge in [0.1, 0.15) is 0 Å². The SMILES string of the molecule is CCOc1cc(CNCCN2CCOCC2)c(Br)cc1OC. The minimum absolute atomic E-state index is 0.627. The molecule has 0 aromatic heterocycles. The molecule has 22 heavy (non-hydrogen) atoms. The summed E-state index contributed by atoms with van der Waals surface area (Å²) in [6.07, 6.45) is 0. The van der Waals surface area contributed by atoms with Gasteiger partial charge < -0.3 is 19.5 Å². The molecule has 1 aliphatic heterocycles. The van der Waals surface area contributed by atoms with Crippen molar-refractivity contribution in [2.24, 2.45) is 0 Å². The molecule has 0 aliphatic carbocycles. The molecule has 124 valence electrons. The van der Waals surface area contributed by atoms with Crippen molar-refractivity contribution in [2.45, 2.75) is 13.5 Å². The van der Waals surface area contributed by atoms with E-state index in [0.29, 0.717) is 6.61 Å². The zero-order chi connectivity index (χ0) is 15.8. The van der Waals surface area contributed by atoms with Gasteiger partial charge in [-0.1, -0.05) is 15.9 Å². The van der Waals surface area contributed by atoms with Gasteiger partial charge in [-0.25, -0.2) is 0 Å². The molecule has 1 N–H and O–H groups in total. The lowest BCUT2D eigenvalue weighted by Gasteiger charge is -2.26. The van der Waals surface area contributed by atoms with Crippen molar-refractivity contribution in [2.75, 3.05) is 53.1 Å². The van der Waals surface area contributed by atoms with Crippen LogP contribution in [0.3, 0.4) is 0 Å². The van der Waals surface area contributed by atoms with E-state index in [0.717, 1.165) is 61.9 Å². The molecule has 0 radical (unpaired) electrons. The van der Waals surface area contributed by atoms with E-state index < -0.39 is 0 Å². The van der Waals surface area contributed by atoms with Crippen LogP contribution in [0.5, 0.6) is 11.5 Å². The highest BCUT2D eigenvalue weighted by Gasteiger charge is 2.11. The summed E-state index contributed by atoms with van der Waals surface area (Å²) in [5.41, 5.74) is 1.17. The highest BCUT2D eigenvalue weighted by molar-refractivity contribution is 9.10. The average Bonchev–Trinajstić information content (AvgIpc) is 2.55. The number of morpholine rings is 1. The van der Waals surface area contributed by atoms with E-state index in [4.69, 9.17) is 14.2 Å². The molecule has 1 saturated heterocycles. The van der Waals surface area contributed by atoms with E-state index in [1.807, 2.05) is 19.1 Å². The Bertz CT molecular complexity index is 465. The van der Waals surface area contributed by atoms with Gasteiger partial charge in [0.05, 0.1) is 26.9 Å². The van der Waals surface area contributed by atoms with E-state index in [-0.39, 0.29) is 0 Å². The lowest BCUT2D eigenvalue weighted by atomic mass is 10.2. The average molecular weight is 373 g/mol. The minimum atomic E-state index is 0.627. The van der Waals surface area contributed by atoms with Crippen LogP contribution < -0.4 is 14.8 Å². The van der Waals surface area contributed by atoms with Crippen LogP contribution in [0.4, 0.5) is 0 Å². The Labute approximate surface area is 141 Å². The second-order valence-corrected chi connectivity index (χ2v) is 6.01. The number of benzene rings is 1. The zero-order valence-corrected chi connectivity index (χ0v) is 14.9. The first-order chi connectivity index (χ1) is 10.7. The molecule has 6 heteroatoms. The third kappa shape index (κ3) is 5.12. The molecule has 2 rings (SSSR count). The second kappa shape index (κ2) is 9.35. The maximum Gasteiger partial charge on any atom is 0.161 e. The minimum Gasteiger partial charge on any atom is -0.493 e. The number of hydrogen-bond donors (Lipinski definition) is 1. The maximum absolute atomic E-state index is 5.63. The van der Waals surface area contributed by atoms with Crippen molar-refractivity contribution >= 4 is 15.9 Å². The standard InChI is InChI=1S/C16H25BrN2O3/c1-3-22-16-10-13(14(17)11-15(16)20-2)12-18-4-5-19-6-8-21-9-7-19/h10-11,18H,3-9,12H2,1-2H3. The summed E-state index contributed by atoms with van der Waals surface area (Å²) in [5.74, 6) is 1.55. The van der Waals surface area contributed by atoms with Crippen molar-refractivity contribution in [3.63, 3.8) is 0 Å². The van der Waals surface area contributed by atoms with E-state index in [9.17, 15) is 0 Å². The molecular weight excluding hydrogens is 348 g/mol. The fourth-order valence-corrected chi connectivity index (χ4v) is 2.89. The molecule has 1 heterocycles. The highest BCUT2D eigenvalue weighted by atomic mass is 79.9. The number of methoxy groups -OCH3 is 1. The number of nitrogens with one attached hydrogen (secondary N) is 1. The quantitative estimate of drug-likeness (QED) is 0.709. The normalized spacial score (nSPS) is 15.8. The Balaban J connectivity index is 1.84. The van der Waals surface area contributed by atoms with Gasteiger partial charge in [0.15, 0.2) is 11.5 Å². The fourth-order valence-electron chi connectivity index (χ4n) is 2.43. The smallest absolute Gasteiger partial charge is 0.161 e. The van der Waals surface area contributed by atoms with Crippen LogP contribution in [0.15, 0.2) is 16.6 Å². The van der Waals surface area contributed by atoms with E-state index in [1.54, 1.807) is 7.11 Å². The number of hydrogen-bond acceptors (Lipinski definition) is 5. The molecule has 0 unspecified atom stereocenters. The lowest BCUT2D eigenvalue weighted by molar-refractivity contribution is 0.0384. The Kier molecular flexibility index (Phi) is 7.45. The summed E-state index contributed by atoms with van der Waals surface area (Å²) in [7, 11) is 1.66. The molecule has 5 nitrogen and oxygen atoms in total. The Morgan fingerprint density at radius 3 is 2.73 bits per heavy atom. The summed E-state index contributed by atoms with van der Waals surface area (Å²) in [4.78, 5) is 2.42. The Morgan fingerprint density at radius 1 is 1.27 bits per heavy atom. The molecule has 0 atom stereocenters. The highest BCUT2D eigenvalue weighted by Crippen LogP contribution is 2.33. The molecular formula is C16H25BrN2O3. The van der Waals surface area contributed by atoms with Crippen molar-refractivity contribution < 1.29 is 14.2 Å². The predicted molar refractivity (Wildman–Crippen MR) is 90.8 cm³/mol. The first-order valence-corrected chi connectivity index (χ1v) is 8.54. The first-order valence-electron chi connectivity index (χ1n) is 7.74. The van der Waals surface area contributed by atoms with Crippen LogP contribution >= 0.6 is 15.9 Å². The van der Waals surface area contributed by atoms with E-state index >= 15 is 0 Å². The Hall–Kier alpha value is -0.820. The van der Waals surface area contributed by atoms with Crippen molar-refractivity contribution in [3.8, 4) is 11.5 Å². The molecule has 0 spiro atoms. The number of halogens is 1. The van der Waals surface area contributed by atoms with Crippen LogP contribution in [0, 0.1) is 0 Å². The summed E-state index contributed by atoms with van der Waals surface area (Å²) in [6, 6.07) is 4.00. The largest absolute Gasteiger partial charge is 0.493 e. The van der Waals surface area contributed by atoms with Gasteiger partial charge in [-0.15, -0.1) is 0 Å². The summed E-state index contributed by atoms with van der Waals surface area (Å²) >= 11 is 3.60. The molecule has 1 aromatic carbocycles. The zero-order valence-electron chi connectivity index (χ0n) is 13.4. The van der Waals surface area contributed by atoms with Gasteiger partial charge in [-0.2, -0.15) is 0 Å². The van der Waals surface area contributed by atoms with Crippen molar-refractivity contribution in [3.05, 3.63) is 22.2 Å². The van der Waals surface area contributed by atoms with Crippen LogP contribution in [-0.2, 0) is 11.3 Å². The molecule has 1 aliphatic rings. The number of ether oxygens (including phenoxy) is 3. The van der Waals surface area contributed by atoms with Crippen LogP contribution in [0.25, 0.3) is 0 Å². The summed E-state index contributed by atoms with van der Waals surface area (Å²) < 4.78 is 17.4. The Morgan fingerprint density at radius 2 is 2.05 bits per heavy atom. The number of rotatable bonds is 8. The van der Waals surface area contributed by atoms with Crippen molar-refractivity contribution in [1.29, 1.82) is 0 Å². The predicted octanol–water partition coefficient (Wildman–Crippen LogP) is 2.28. The monoisotopic (exact) mass is 372 g/mol. The van der Waals surface area contributed by atoms with Gasteiger partial charge in [0, 0.05) is 37.2 Å². The van der Waals surface area contributed by atoms with Gasteiger partial charge in [-0.05, 0) is 24.6 Å². The first kappa shape index (κ1) is 17.5. The molecule has 0 saturated carbocycles. The maximum atomic E-state index is 5.63. The number of nitrogens with zero attached hydrogens (tertiary/aromatic N) is 1. The molecule has 1 aromatic rings. The van der Waals surface area contributed by atoms with Crippen molar-refractivity contribution in [1.82, 2.24) is 10.2 Å². The summed E-state index contributed by atoms with van der Waals surface area (Å²) in [6.45, 7) is 9.17. The van der Waals surface area contributed by atoms with E-state index in [1.165, 1.54) is 5.56 Å². The third-order valence-electron chi connectivity index (χ3n) is 3.66. The fraction of sp³-hybridized carbons (Fsp3) is 0.625. The second-order valence-electron chi connectivity index (χ2n) is 5.16. The topological polar surface area (TPSA) is 43.0 Å². The molecule has 0 amide bonds. The van der Waals surface area contributed by atoms with Crippen LogP contribution in [0.2, 0.25) is 0 Å². The van der Waals surface area contributed by atoms with Gasteiger partial charge in [-0.3, -0.25) is 4.90 Å². The van der Waals surface area contributed by atoms with Crippen LogP contribution in [-0.4, -0.2) is 58.0 Å². The van der Waals surface area contributed by atoms with Gasteiger partial charge in [0.25, 0.3) is 0 Å². The summed E-state index contributed by atoms with van der Waals surface area (Å²) in [5, 5.41) is 3.49. The lowest BCUT2D eigenvalue weighted by Crippen LogP contribution is -2.40. The van der Waals surface area contributed by atoms with Crippen LogP contribution in [0.1, 0.15) is 12.5 Å². The van der Waals surface area contributed by atoms with E-state index in [2.05, 4.69) is 26.1 Å². The van der Waals surface area contributed by atoms with Gasteiger partial charge in [0.2, 0.25) is 0 Å². The third-order valence-corrected chi connectivity index (χ3v) is 4.39. The molecule has 1 fully saturated rings. The van der Waals surface area contributed by atoms with Gasteiger partial charge >= 0.3 is 0 Å².